The van der Waals surface area contributed by atoms with Crippen LogP contribution >= 0.6 is 0 Å². The molecule has 1 unspecified atom stereocenters. The number of hydrogen-bond donors (Lipinski definition) is 0. The van der Waals surface area contributed by atoms with Gasteiger partial charge in [0, 0.05) is 18.7 Å². The number of carbonyl (C=O) groups excluding carboxylic acids is 1. The molecule has 1 aliphatic heterocycles. The number of halogens is 4. The first-order valence-corrected chi connectivity index (χ1v) is 5.95. The number of amides is 1. The Morgan fingerprint density at radius 1 is 1.37 bits per heavy atom. The van der Waals surface area contributed by atoms with Gasteiger partial charge in [0.15, 0.2) is 0 Å². The highest BCUT2D eigenvalue weighted by molar-refractivity contribution is 5.94. The lowest BCUT2D eigenvalue weighted by molar-refractivity contribution is -0.140. The Bertz CT molecular complexity index is 498. The molecule has 0 N–H and O–H groups in total. The quantitative estimate of drug-likeness (QED) is 0.720. The number of carbonyl (C=O) groups is 1. The second kappa shape index (κ2) is 4.83. The third-order valence-corrected chi connectivity index (χ3v) is 3.23. The maximum absolute atomic E-state index is 13.1. The fraction of sp³-hybridized carbons (Fsp3) is 0.462. The van der Waals surface area contributed by atoms with E-state index in [-0.39, 0.29) is 5.56 Å². The first-order chi connectivity index (χ1) is 8.79. The van der Waals surface area contributed by atoms with Crippen LogP contribution in [0.2, 0.25) is 0 Å². The molecule has 1 aromatic carbocycles. The molecule has 0 aromatic heterocycles. The SMILES string of the molecule is CC1CCN(C(=O)c2ccc(F)c(C(F)(F)F)c2)C1. The van der Waals surface area contributed by atoms with Crippen molar-refractivity contribution in [2.45, 2.75) is 19.5 Å². The lowest BCUT2D eigenvalue weighted by Gasteiger charge is -2.17. The van der Waals surface area contributed by atoms with Crippen LogP contribution in [0.4, 0.5) is 17.6 Å². The monoisotopic (exact) mass is 275 g/mol. The van der Waals surface area contributed by atoms with Crippen LogP contribution in [0.5, 0.6) is 0 Å². The van der Waals surface area contributed by atoms with Gasteiger partial charge in [0.25, 0.3) is 5.91 Å². The molecule has 1 saturated heterocycles. The molecular weight excluding hydrogens is 262 g/mol. The van der Waals surface area contributed by atoms with Gasteiger partial charge in [0.05, 0.1) is 5.56 Å². The average molecular weight is 275 g/mol. The zero-order valence-electron chi connectivity index (χ0n) is 10.3. The van der Waals surface area contributed by atoms with Crippen molar-refractivity contribution in [3.05, 3.63) is 35.1 Å². The predicted molar refractivity (Wildman–Crippen MR) is 61.1 cm³/mol. The Labute approximate surface area is 108 Å². The third kappa shape index (κ3) is 2.88. The number of likely N-dealkylation sites (tertiary alicyclic amines) is 1. The van der Waals surface area contributed by atoms with Gasteiger partial charge in [-0.3, -0.25) is 4.79 Å². The van der Waals surface area contributed by atoms with Crippen molar-refractivity contribution in [1.29, 1.82) is 0 Å². The van der Waals surface area contributed by atoms with E-state index < -0.39 is 23.5 Å². The van der Waals surface area contributed by atoms with Crippen LogP contribution in [0, 0.1) is 11.7 Å². The molecule has 0 radical (unpaired) electrons. The van der Waals surface area contributed by atoms with Crippen LogP contribution in [0.25, 0.3) is 0 Å². The lowest BCUT2D eigenvalue weighted by atomic mass is 10.1. The van der Waals surface area contributed by atoms with Crippen LogP contribution in [-0.4, -0.2) is 23.9 Å². The molecule has 1 fully saturated rings. The van der Waals surface area contributed by atoms with E-state index in [1.807, 2.05) is 6.92 Å². The van der Waals surface area contributed by atoms with Crippen molar-refractivity contribution in [2.24, 2.45) is 5.92 Å². The van der Waals surface area contributed by atoms with Crippen molar-refractivity contribution in [1.82, 2.24) is 4.90 Å². The van der Waals surface area contributed by atoms with Crippen molar-refractivity contribution in [2.75, 3.05) is 13.1 Å². The van der Waals surface area contributed by atoms with E-state index >= 15 is 0 Å². The van der Waals surface area contributed by atoms with E-state index in [0.717, 1.165) is 12.5 Å². The number of rotatable bonds is 1. The molecule has 6 heteroatoms. The standard InChI is InChI=1S/C13H13F4NO/c1-8-4-5-18(7-8)12(19)9-2-3-11(14)10(6-9)13(15,16)17/h2-3,6,8H,4-5,7H2,1H3. The Morgan fingerprint density at radius 2 is 2.05 bits per heavy atom. The number of nitrogens with zero attached hydrogens (tertiary/aromatic N) is 1. The highest BCUT2D eigenvalue weighted by Crippen LogP contribution is 2.32. The van der Waals surface area contributed by atoms with E-state index in [1.54, 1.807) is 0 Å². The molecule has 1 aromatic rings. The fourth-order valence-electron chi connectivity index (χ4n) is 2.18. The molecule has 1 amide bonds. The van der Waals surface area contributed by atoms with Gasteiger partial charge in [0.1, 0.15) is 5.82 Å². The van der Waals surface area contributed by atoms with E-state index in [2.05, 4.69) is 0 Å². The predicted octanol–water partition coefficient (Wildman–Crippen LogP) is 3.33. The summed E-state index contributed by atoms with van der Waals surface area (Å²) in [6.07, 6.45) is -3.96. The molecule has 1 atom stereocenters. The molecule has 2 rings (SSSR count). The van der Waals surface area contributed by atoms with Crippen molar-refractivity contribution < 1.29 is 22.4 Å². The Morgan fingerprint density at radius 3 is 2.58 bits per heavy atom. The first kappa shape index (κ1) is 13.8. The second-order valence-electron chi connectivity index (χ2n) is 4.84. The van der Waals surface area contributed by atoms with Crippen LogP contribution in [0.1, 0.15) is 29.3 Å². The van der Waals surface area contributed by atoms with E-state index in [0.29, 0.717) is 31.1 Å². The van der Waals surface area contributed by atoms with Gasteiger partial charge in [-0.2, -0.15) is 13.2 Å². The highest BCUT2D eigenvalue weighted by atomic mass is 19.4. The molecule has 0 spiro atoms. The minimum atomic E-state index is -4.79. The summed E-state index contributed by atoms with van der Waals surface area (Å²) < 4.78 is 50.8. The fourth-order valence-corrected chi connectivity index (χ4v) is 2.18. The van der Waals surface area contributed by atoms with Crippen LogP contribution in [0.15, 0.2) is 18.2 Å². The molecule has 1 heterocycles. The van der Waals surface area contributed by atoms with Gasteiger partial charge >= 0.3 is 6.18 Å². The molecular formula is C13H13F4NO. The molecule has 0 aliphatic carbocycles. The molecule has 0 saturated carbocycles. The van der Waals surface area contributed by atoms with Gasteiger partial charge in [0.2, 0.25) is 0 Å². The summed E-state index contributed by atoms with van der Waals surface area (Å²) in [4.78, 5) is 13.5. The minimum Gasteiger partial charge on any atom is -0.338 e. The average Bonchev–Trinajstić information content (AvgIpc) is 2.74. The van der Waals surface area contributed by atoms with Crippen LogP contribution < -0.4 is 0 Å². The third-order valence-electron chi connectivity index (χ3n) is 3.23. The Balaban J connectivity index is 2.28. The first-order valence-electron chi connectivity index (χ1n) is 5.95. The normalized spacial score (nSPS) is 19.8. The van der Waals surface area contributed by atoms with E-state index in [1.165, 1.54) is 4.90 Å². The van der Waals surface area contributed by atoms with Crippen molar-refractivity contribution in [3.63, 3.8) is 0 Å². The Kier molecular flexibility index (Phi) is 3.52. The maximum Gasteiger partial charge on any atom is 0.419 e. The molecule has 2 nitrogen and oxygen atoms in total. The Hall–Kier alpha value is -1.59. The number of alkyl halides is 3. The van der Waals surface area contributed by atoms with Crippen LogP contribution in [-0.2, 0) is 6.18 Å². The van der Waals surface area contributed by atoms with Crippen LogP contribution in [0.3, 0.4) is 0 Å². The maximum atomic E-state index is 13.1. The van der Waals surface area contributed by atoms with Gasteiger partial charge in [-0.15, -0.1) is 0 Å². The van der Waals surface area contributed by atoms with Gasteiger partial charge in [-0.05, 0) is 30.5 Å². The zero-order valence-corrected chi connectivity index (χ0v) is 10.3. The van der Waals surface area contributed by atoms with Gasteiger partial charge in [-0.25, -0.2) is 4.39 Å². The molecule has 1 aliphatic rings. The van der Waals surface area contributed by atoms with Crippen molar-refractivity contribution in [3.8, 4) is 0 Å². The number of benzene rings is 1. The summed E-state index contributed by atoms with van der Waals surface area (Å²) in [6, 6.07) is 2.37. The van der Waals surface area contributed by atoms with Gasteiger partial charge < -0.3 is 4.90 Å². The molecule has 19 heavy (non-hydrogen) atoms. The van der Waals surface area contributed by atoms with Crippen molar-refractivity contribution >= 4 is 5.91 Å². The summed E-state index contributed by atoms with van der Waals surface area (Å²) >= 11 is 0. The summed E-state index contributed by atoms with van der Waals surface area (Å²) in [7, 11) is 0. The highest BCUT2D eigenvalue weighted by Gasteiger charge is 2.35. The summed E-state index contributed by atoms with van der Waals surface area (Å²) in [5.74, 6) is -1.50. The molecule has 0 bridgehead atoms. The van der Waals surface area contributed by atoms with Gasteiger partial charge in [-0.1, -0.05) is 6.92 Å². The molecule has 104 valence electrons. The van der Waals surface area contributed by atoms with E-state index in [9.17, 15) is 22.4 Å². The summed E-state index contributed by atoms with van der Waals surface area (Å²) in [6.45, 7) is 3.02. The smallest absolute Gasteiger partial charge is 0.338 e. The number of hydrogen-bond acceptors (Lipinski definition) is 1. The largest absolute Gasteiger partial charge is 0.419 e. The zero-order chi connectivity index (χ0) is 14.2. The second-order valence-corrected chi connectivity index (χ2v) is 4.84. The minimum absolute atomic E-state index is 0.122. The summed E-state index contributed by atoms with van der Waals surface area (Å²) in [5.41, 5.74) is -1.52. The van der Waals surface area contributed by atoms with E-state index in [4.69, 9.17) is 0 Å². The lowest BCUT2D eigenvalue weighted by Crippen LogP contribution is -2.28. The summed E-state index contributed by atoms with van der Waals surface area (Å²) in [5, 5.41) is 0. The topological polar surface area (TPSA) is 20.3 Å².